The molecule has 14 nitrogen and oxygen atoms in total. The van der Waals surface area contributed by atoms with E-state index in [2.05, 4.69) is 25.6 Å². The topological polar surface area (TPSA) is 203 Å². The van der Waals surface area contributed by atoms with Gasteiger partial charge in [0.05, 0.1) is 24.0 Å². The van der Waals surface area contributed by atoms with E-state index >= 15 is 0 Å². The Morgan fingerprint density at radius 1 is 1.11 bits per heavy atom. The molecule has 3 aromatic rings. The van der Waals surface area contributed by atoms with Crippen molar-refractivity contribution in [2.45, 2.75) is 89.4 Å². The SMILES string of the molecule is CC(NC(=O)[C@@H]1C[C@H](n2nncc2C(C)(C)O)CN1C(=O)/C(CC1CCCCC1)=N/C(=O)c1cccc2cnccc12)C(=O)C(N)=O. The smallest absolute Gasteiger partial charge is 0.287 e. The van der Waals surface area contributed by atoms with Crippen molar-refractivity contribution in [2.75, 3.05) is 6.54 Å². The van der Waals surface area contributed by atoms with E-state index in [9.17, 15) is 29.1 Å². The number of aromatic nitrogens is 4. The Bertz CT molecular complexity index is 1720. The number of benzene rings is 1. The van der Waals surface area contributed by atoms with Gasteiger partial charge < -0.3 is 21.1 Å². The van der Waals surface area contributed by atoms with Crippen molar-refractivity contribution >= 4 is 45.9 Å². The highest BCUT2D eigenvalue weighted by Crippen LogP contribution is 2.33. The Labute approximate surface area is 271 Å². The third kappa shape index (κ3) is 7.43. The van der Waals surface area contributed by atoms with Crippen LogP contribution in [-0.2, 0) is 24.8 Å². The summed E-state index contributed by atoms with van der Waals surface area (Å²) in [6.07, 6.45) is 9.83. The van der Waals surface area contributed by atoms with Crippen molar-refractivity contribution in [1.82, 2.24) is 30.2 Å². The second-order valence-electron chi connectivity index (χ2n) is 12.9. The molecule has 2 fully saturated rings. The molecule has 3 heterocycles. The number of fused-ring (bicyclic) bond motifs is 1. The Kier molecular flexibility index (Phi) is 9.89. The van der Waals surface area contributed by atoms with E-state index < -0.39 is 53.1 Å². The molecule has 1 saturated carbocycles. The lowest BCUT2D eigenvalue weighted by Gasteiger charge is -2.27. The van der Waals surface area contributed by atoms with Gasteiger partial charge in [-0.1, -0.05) is 49.5 Å². The maximum Gasteiger partial charge on any atom is 0.287 e. The molecule has 47 heavy (non-hydrogen) atoms. The Morgan fingerprint density at radius 2 is 1.85 bits per heavy atom. The minimum Gasteiger partial charge on any atom is -0.384 e. The van der Waals surface area contributed by atoms with Gasteiger partial charge in [0, 0.05) is 36.3 Å². The fourth-order valence-electron chi connectivity index (χ4n) is 6.51. The van der Waals surface area contributed by atoms with Crippen LogP contribution in [0.4, 0.5) is 0 Å². The molecule has 0 spiro atoms. The number of pyridine rings is 1. The van der Waals surface area contributed by atoms with E-state index in [1.807, 2.05) is 6.07 Å². The lowest BCUT2D eigenvalue weighted by molar-refractivity contribution is -0.139. The lowest BCUT2D eigenvalue weighted by Crippen LogP contribution is -2.52. The zero-order chi connectivity index (χ0) is 33.9. The zero-order valence-corrected chi connectivity index (χ0v) is 26.8. The molecule has 2 aromatic heterocycles. The number of hydrogen-bond donors (Lipinski definition) is 3. The first-order chi connectivity index (χ1) is 22.3. The van der Waals surface area contributed by atoms with E-state index in [1.54, 1.807) is 44.4 Å². The molecule has 1 unspecified atom stereocenters. The number of nitrogens with zero attached hydrogens (tertiary/aromatic N) is 6. The van der Waals surface area contributed by atoms with E-state index in [4.69, 9.17) is 5.73 Å². The first-order valence-electron chi connectivity index (χ1n) is 15.9. The van der Waals surface area contributed by atoms with Crippen LogP contribution in [0.3, 0.4) is 0 Å². The molecule has 1 aromatic carbocycles. The summed E-state index contributed by atoms with van der Waals surface area (Å²) in [4.78, 5) is 75.5. The number of carbonyl (C=O) groups excluding carboxylic acids is 5. The molecule has 4 amide bonds. The van der Waals surface area contributed by atoms with Crippen LogP contribution < -0.4 is 11.1 Å². The largest absolute Gasteiger partial charge is 0.384 e. The summed E-state index contributed by atoms with van der Waals surface area (Å²) in [6.45, 7) is 4.47. The number of nitrogens with two attached hydrogens (primary N) is 1. The number of likely N-dealkylation sites (tertiary alicyclic amines) is 1. The van der Waals surface area contributed by atoms with Gasteiger partial charge in [-0.15, -0.1) is 5.10 Å². The predicted molar refractivity (Wildman–Crippen MR) is 171 cm³/mol. The van der Waals surface area contributed by atoms with Crippen LogP contribution >= 0.6 is 0 Å². The summed E-state index contributed by atoms with van der Waals surface area (Å²) >= 11 is 0. The van der Waals surface area contributed by atoms with E-state index in [0.717, 1.165) is 37.5 Å². The molecule has 2 aliphatic rings. The second kappa shape index (κ2) is 13.9. The first kappa shape index (κ1) is 33.5. The summed E-state index contributed by atoms with van der Waals surface area (Å²) in [6, 6.07) is 4.00. The monoisotopic (exact) mass is 644 g/mol. The number of ketones is 1. The van der Waals surface area contributed by atoms with Crippen molar-refractivity contribution in [3.05, 3.63) is 54.1 Å². The maximum absolute atomic E-state index is 14.5. The van der Waals surface area contributed by atoms with Gasteiger partial charge in [-0.05, 0) is 50.6 Å². The molecule has 3 atom stereocenters. The molecule has 248 valence electrons. The van der Waals surface area contributed by atoms with Crippen molar-refractivity contribution in [1.29, 1.82) is 0 Å². The van der Waals surface area contributed by atoms with Gasteiger partial charge in [0.15, 0.2) is 0 Å². The van der Waals surface area contributed by atoms with Crippen LogP contribution in [0.25, 0.3) is 10.8 Å². The highest BCUT2D eigenvalue weighted by molar-refractivity contribution is 6.41. The number of rotatable bonds is 10. The molecule has 0 bridgehead atoms. The van der Waals surface area contributed by atoms with Crippen LogP contribution in [-0.4, -0.2) is 83.7 Å². The normalized spacial score (nSPS) is 19.8. The number of aliphatic imine (C=N–C) groups is 1. The average Bonchev–Trinajstić information content (AvgIpc) is 3.72. The van der Waals surface area contributed by atoms with E-state index in [-0.39, 0.29) is 31.0 Å². The van der Waals surface area contributed by atoms with Gasteiger partial charge in [-0.25, -0.2) is 9.67 Å². The zero-order valence-electron chi connectivity index (χ0n) is 26.8. The third-order valence-corrected chi connectivity index (χ3v) is 8.99. The number of carbonyl (C=O) groups is 5. The summed E-state index contributed by atoms with van der Waals surface area (Å²) in [5.41, 5.74) is 4.56. The van der Waals surface area contributed by atoms with Crippen LogP contribution in [0.5, 0.6) is 0 Å². The molecule has 1 aliphatic heterocycles. The van der Waals surface area contributed by atoms with Crippen molar-refractivity contribution in [3.63, 3.8) is 0 Å². The van der Waals surface area contributed by atoms with Crippen LogP contribution in [0.15, 0.2) is 47.8 Å². The molecule has 4 N–H and O–H groups in total. The van der Waals surface area contributed by atoms with E-state index in [0.29, 0.717) is 16.6 Å². The number of aliphatic hydroxyl groups is 1. The number of hydrogen-bond acceptors (Lipinski definition) is 9. The lowest BCUT2D eigenvalue weighted by atomic mass is 9.85. The number of amides is 4. The number of Topliss-reactive ketones (excluding diaryl/α,β-unsaturated/α-hetero) is 1. The maximum atomic E-state index is 14.5. The van der Waals surface area contributed by atoms with Crippen molar-refractivity contribution < 1.29 is 29.1 Å². The Balaban J connectivity index is 1.52. The number of nitrogens with one attached hydrogen (secondary N) is 1. The summed E-state index contributed by atoms with van der Waals surface area (Å²) in [7, 11) is 0. The summed E-state index contributed by atoms with van der Waals surface area (Å²) < 4.78 is 1.48. The van der Waals surface area contributed by atoms with Gasteiger partial charge in [0.1, 0.15) is 17.4 Å². The minimum atomic E-state index is -1.32. The average molecular weight is 645 g/mol. The first-order valence-corrected chi connectivity index (χ1v) is 15.9. The van der Waals surface area contributed by atoms with Crippen LogP contribution in [0.2, 0.25) is 0 Å². The van der Waals surface area contributed by atoms with E-state index in [1.165, 1.54) is 22.7 Å². The summed E-state index contributed by atoms with van der Waals surface area (Å²) in [5, 5.41) is 22.8. The quantitative estimate of drug-likeness (QED) is 0.218. The molecule has 5 rings (SSSR count). The minimum absolute atomic E-state index is 0.0146. The van der Waals surface area contributed by atoms with Gasteiger partial charge in [-0.3, -0.25) is 29.0 Å². The van der Waals surface area contributed by atoms with Gasteiger partial charge in [0.2, 0.25) is 11.7 Å². The highest BCUT2D eigenvalue weighted by Gasteiger charge is 2.44. The van der Waals surface area contributed by atoms with Gasteiger partial charge in [-0.2, -0.15) is 0 Å². The van der Waals surface area contributed by atoms with Crippen molar-refractivity contribution in [2.24, 2.45) is 16.6 Å². The van der Waals surface area contributed by atoms with Gasteiger partial charge >= 0.3 is 0 Å². The molecular weight excluding hydrogens is 604 g/mol. The third-order valence-electron chi connectivity index (χ3n) is 8.99. The Morgan fingerprint density at radius 3 is 2.55 bits per heavy atom. The fourth-order valence-corrected chi connectivity index (χ4v) is 6.51. The summed E-state index contributed by atoms with van der Waals surface area (Å²) in [5.74, 6) is -3.91. The predicted octanol–water partition coefficient (Wildman–Crippen LogP) is 2.01. The highest BCUT2D eigenvalue weighted by atomic mass is 16.3. The van der Waals surface area contributed by atoms with Crippen LogP contribution in [0.1, 0.15) is 87.8 Å². The standard InChI is InChI=1S/C33H40N8O6/c1-19(28(42)29(34)43)37-31(45)26-15-22(41-27(17-36-39-41)33(2,3)47)18-40(26)32(46)25(14-20-8-5-4-6-9-20)38-30(44)24-11-7-10-21-16-35-13-12-23(21)24/h7,10-13,16-17,19-20,22,26,47H,4-6,8-9,14-15,18H2,1-3H3,(H2,34,43)(H,37,45)/b38-25+/t19?,22-,26-/m0/s1. The molecule has 1 aliphatic carbocycles. The number of primary amides is 1. The molecule has 1 saturated heterocycles. The second-order valence-corrected chi connectivity index (χ2v) is 12.9. The van der Waals surface area contributed by atoms with Gasteiger partial charge in [0.25, 0.3) is 17.7 Å². The van der Waals surface area contributed by atoms with Crippen LogP contribution in [0, 0.1) is 5.92 Å². The Hall–Kier alpha value is -4.85. The van der Waals surface area contributed by atoms with Crippen molar-refractivity contribution in [3.8, 4) is 0 Å². The molecule has 0 radical (unpaired) electrons. The molecular formula is C33H40N8O6. The molecule has 14 heteroatoms. The fraction of sp³-hybridized carbons (Fsp3) is 0.485.